The molecule has 3 aromatic carbocycles. The standard InChI is InChI=1S/C54H88O6PSi3/c1-15-63(16-2,17-3)59-49-39-40-56-51(44(49)8)52(60-64(18-4,19-5)20-6)54(55-12)42-50(58-62(13,14)53(9,10)11)43(7)48(57-54)38-30-31-41-61(45-32-24-21-25-33-45,46-34-26-22-27-35-46)47-36-28-23-29-37-47/h21-29,32-37,39-40,43-44,48-52H,15-20,30-31,38,41-42H2,1-14H3/q+1/t43-,44+,48+,49-,50-,51+,52-,54+/m0/s1. The Hall–Kier alpha value is -1.92. The van der Waals surface area contributed by atoms with E-state index in [-0.39, 0.29) is 41.3 Å². The molecular formula is C54H88O6PSi3+. The molecule has 356 valence electrons. The first-order chi connectivity index (χ1) is 30.5. The summed E-state index contributed by atoms with van der Waals surface area (Å²) < 4.78 is 44.0. The Morgan fingerprint density at radius 3 is 1.61 bits per heavy atom. The molecule has 2 heterocycles. The normalized spacial score (nSPS) is 25.2. The lowest BCUT2D eigenvalue weighted by molar-refractivity contribution is -0.344. The van der Waals surface area contributed by atoms with E-state index in [0.29, 0.717) is 6.42 Å². The summed E-state index contributed by atoms with van der Waals surface area (Å²) in [5, 5.41) is 4.34. The Morgan fingerprint density at radius 1 is 0.688 bits per heavy atom. The fourth-order valence-corrected chi connectivity index (χ4v) is 21.9. The maximum absolute atomic E-state index is 7.78. The molecule has 10 heteroatoms. The van der Waals surface area contributed by atoms with Gasteiger partial charge in [-0.1, -0.05) is 131 Å². The lowest BCUT2D eigenvalue weighted by Gasteiger charge is -2.55. The molecule has 0 spiro atoms. The minimum absolute atomic E-state index is 0.0306. The molecule has 0 N–H and O–H groups in total. The molecule has 64 heavy (non-hydrogen) atoms. The van der Waals surface area contributed by atoms with E-state index in [2.05, 4.69) is 186 Å². The second-order valence-corrected chi connectivity index (χ2v) is 38.4. The molecule has 1 saturated heterocycles. The zero-order chi connectivity index (χ0) is 46.8. The van der Waals surface area contributed by atoms with Crippen LogP contribution in [0, 0.1) is 11.8 Å². The van der Waals surface area contributed by atoms with Gasteiger partial charge in [0.1, 0.15) is 35.4 Å². The van der Waals surface area contributed by atoms with Crippen molar-refractivity contribution in [1.82, 2.24) is 0 Å². The first kappa shape index (κ1) is 53.0. The molecule has 0 aromatic heterocycles. The lowest BCUT2D eigenvalue weighted by Crippen LogP contribution is -2.67. The van der Waals surface area contributed by atoms with E-state index >= 15 is 0 Å². The number of benzene rings is 3. The highest BCUT2D eigenvalue weighted by molar-refractivity contribution is 7.95. The van der Waals surface area contributed by atoms with E-state index in [9.17, 15) is 0 Å². The maximum atomic E-state index is 7.78. The Morgan fingerprint density at radius 2 is 1.17 bits per heavy atom. The van der Waals surface area contributed by atoms with Crippen molar-refractivity contribution in [3.8, 4) is 0 Å². The van der Waals surface area contributed by atoms with Crippen molar-refractivity contribution >= 4 is 48.1 Å². The molecule has 6 nitrogen and oxygen atoms in total. The Bertz CT molecular complexity index is 1740. The summed E-state index contributed by atoms with van der Waals surface area (Å²) in [6, 6.07) is 40.2. The van der Waals surface area contributed by atoms with Crippen molar-refractivity contribution in [1.29, 1.82) is 0 Å². The van der Waals surface area contributed by atoms with Crippen LogP contribution in [0.2, 0.25) is 54.4 Å². The molecule has 1 fully saturated rings. The van der Waals surface area contributed by atoms with Crippen LogP contribution in [0.4, 0.5) is 0 Å². The highest BCUT2D eigenvalue weighted by Gasteiger charge is 2.59. The Labute approximate surface area is 394 Å². The van der Waals surface area contributed by atoms with Crippen LogP contribution in [0.3, 0.4) is 0 Å². The molecular weight excluding hydrogens is 860 g/mol. The number of hydrogen-bond donors (Lipinski definition) is 0. The molecule has 0 unspecified atom stereocenters. The summed E-state index contributed by atoms with van der Waals surface area (Å²) >= 11 is 0. The molecule has 0 saturated carbocycles. The topological polar surface area (TPSA) is 55.4 Å². The second kappa shape index (κ2) is 22.9. The smallest absolute Gasteiger partial charge is 0.199 e. The predicted octanol–water partition coefficient (Wildman–Crippen LogP) is 13.6. The van der Waals surface area contributed by atoms with Crippen LogP contribution in [-0.2, 0) is 27.5 Å². The van der Waals surface area contributed by atoms with Gasteiger partial charge in [-0.05, 0) is 116 Å². The van der Waals surface area contributed by atoms with Crippen LogP contribution < -0.4 is 15.9 Å². The van der Waals surface area contributed by atoms with E-state index in [1.54, 1.807) is 0 Å². The van der Waals surface area contributed by atoms with Gasteiger partial charge in [0.25, 0.3) is 0 Å². The van der Waals surface area contributed by atoms with Crippen LogP contribution in [0.1, 0.15) is 102 Å². The van der Waals surface area contributed by atoms with E-state index in [0.717, 1.165) is 61.7 Å². The van der Waals surface area contributed by atoms with Crippen LogP contribution >= 0.6 is 7.26 Å². The van der Waals surface area contributed by atoms with Gasteiger partial charge in [-0.15, -0.1) is 0 Å². The molecule has 2 aliphatic rings. The summed E-state index contributed by atoms with van der Waals surface area (Å²) in [6.45, 7) is 30.4. The van der Waals surface area contributed by atoms with Gasteiger partial charge in [-0.3, -0.25) is 0 Å². The van der Waals surface area contributed by atoms with E-state index < -0.39 is 44.1 Å². The fourth-order valence-electron chi connectivity index (χ4n) is 10.3. The fraction of sp³-hybridized carbons (Fsp3) is 0.630. The summed E-state index contributed by atoms with van der Waals surface area (Å²) in [5.74, 6) is -0.894. The molecule has 8 atom stereocenters. The van der Waals surface area contributed by atoms with Crippen LogP contribution in [-0.4, -0.2) is 74.5 Å². The molecule has 3 aromatic rings. The van der Waals surface area contributed by atoms with Gasteiger partial charge in [0.2, 0.25) is 0 Å². The average Bonchev–Trinajstić information content (AvgIpc) is 3.31. The summed E-state index contributed by atoms with van der Waals surface area (Å²) in [4.78, 5) is 0. The Kier molecular flexibility index (Phi) is 19.0. The summed E-state index contributed by atoms with van der Waals surface area (Å²) in [6.07, 6.45) is 7.68. The van der Waals surface area contributed by atoms with E-state index in [4.69, 9.17) is 27.5 Å². The average molecular weight is 949 g/mol. The Balaban J connectivity index is 1.56. The van der Waals surface area contributed by atoms with E-state index in [1.165, 1.54) is 15.9 Å². The highest BCUT2D eigenvalue weighted by Crippen LogP contribution is 2.56. The van der Waals surface area contributed by atoms with Crippen molar-refractivity contribution in [2.45, 2.75) is 193 Å². The first-order valence-corrected chi connectivity index (χ1v) is 35.1. The third kappa shape index (κ3) is 11.5. The van der Waals surface area contributed by atoms with Crippen molar-refractivity contribution in [2.75, 3.05) is 13.3 Å². The molecule has 0 aliphatic carbocycles. The first-order valence-electron chi connectivity index (χ1n) is 25.1. The van der Waals surface area contributed by atoms with Gasteiger partial charge in [0.15, 0.2) is 30.7 Å². The summed E-state index contributed by atoms with van der Waals surface area (Å²) in [5.41, 5.74) is 0. The summed E-state index contributed by atoms with van der Waals surface area (Å²) in [7, 11) is -6.51. The van der Waals surface area contributed by atoms with Crippen LogP contribution in [0.15, 0.2) is 103 Å². The van der Waals surface area contributed by atoms with Crippen molar-refractivity contribution < 1.29 is 27.5 Å². The van der Waals surface area contributed by atoms with Crippen molar-refractivity contribution in [3.05, 3.63) is 103 Å². The quantitative estimate of drug-likeness (QED) is 0.0536. The molecule has 5 rings (SSSR count). The minimum atomic E-state index is -2.24. The largest absolute Gasteiger partial charge is 0.495 e. The van der Waals surface area contributed by atoms with Gasteiger partial charge in [-0.25, -0.2) is 0 Å². The number of rotatable bonds is 23. The predicted molar refractivity (Wildman–Crippen MR) is 282 cm³/mol. The van der Waals surface area contributed by atoms with Gasteiger partial charge >= 0.3 is 0 Å². The van der Waals surface area contributed by atoms with Crippen molar-refractivity contribution in [3.63, 3.8) is 0 Å². The minimum Gasteiger partial charge on any atom is -0.495 e. The third-order valence-corrected chi connectivity index (χ3v) is 34.6. The maximum Gasteiger partial charge on any atom is 0.199 e. The molecule has 0 bridgehead atoms. The van der Waals surface area contributed by atoms with Gasteiger partial charge in [-0.2, -0.15) is 0 Å². The lowest BCUT2D eigenvalue weighted by atomic mass is 9.81. The van der Waals surface area contributed by atoms with Gasteiger partial charge in [0, 0.05) is 25.4 Å². The third-order valence-electron chi connectivity index (χ3n) is 16.3. The monoisotopic (exact) mass is 948 g/mol. The molecule has 2 aliphatic heterocycles. The van der Waals surface area contributed by atoms with Gasteiger partial charge < -0.3 is 27.5 Å². The van der Waals surface area contributed by atoms with Crippen LogP contribution in [0.5, 0.6) is 0 Å². The van der Waals surface area contributed by atoms with E-state index in [1.807, 2.05) is 13.4 Å². The number of ether oxygens (including phenoxy) is 3. The zero-order valence-electron chi connectivity index (χ0n) is 42.5. The van der Waals surface area contributed by atoms with Crippen molar-refractivity contribution in [2.24, 2.45) is 11.8 Å². The number of unbranched alkanes of at least 4 members (excludes halogenated alkanes) is 1. The van der Waals surface area contributed by atoms with Gasteiger partial charge in [0.05, 0.1) is 30.7 Å². The SMILES string of the molecule is CC[Si](CC)(CC)O[C@H]1C=CO[C@@H]([C@H](O[Si](CC)(CC)CC)[C@@]2(OC)C[C@H](O[Si](C)(C)C(C)(C)C)[C@@H](C)[C@@H](CCCC[P+](c3ccccc3)(c3ccccc3)c3ccccc3)O2)[C@@H]1C. The molecule has 0 radical (unpaired) electrons. The second-order valence-electron chi connectivity index (χ2n) is 20.6. The zero-order valence-corrected chi connectivity index (χ0v) is 46.4. The number of methoxy groups -OCH3 is 1. The molecule has 0 amide bonds. The number of hydrogen-bond acceptors (Lipinski definition) is 6. The van der Waals surface area contributed by atoms with Crippen LogP contribution in [0.25, 0.3) is 0 Å². The highest BCUT2D eigenvalue weighted by atomic mass is 31.2.